The van der Waals surface area contributed by atoms with Crippen LogP contribution in [0.25, 0.3) is 0 Å². The molecule has 0 unspecified atom stereocenters. The summed E-state index contributed by atoms with van der Waals surface area (Å²) in [6.07, 6.45) is 3.91. The van der Waals surface area contributed by atoms with Crippen molar-refractivity contribution in [1.82, 2.24) is 9.88 Å². The van der Waals surface area contributed by atoms with Crippen molar-refractivity contribution in [3.05, 3.63) is 59.4 Å². The fourth-order valence-corrected chi connectivity index (χ4v) is 3.11. The highest BCUT2D eigenvalue weighted by Gasteiger charge is 2.22. The van der Waals surface area contributed by atoms with Crippen molar-refractivity contribution in [3.63, 3.8) is 0 Å². The molecule has 6 heteroatoms. The van der Waals surface area contributed by atoms with Gasteiger partial charge < -0.3 is 9.47 Å². The molecule has 0 amide bonds. The number of halogens is 2. The molecule has 0 radical (unpaired) electrons. The van der Waals surface area contributed by atoms with E-state index in [9.17, 15) is 8.78 Å². The van der Waals surface area contributed by atoms with Crippen LogP contribution in [0.5, 0.6) is 5.75 Å². The van der Waals surface area contributed by atoms with E-state index in [4.69, 9.17) is 9.47 Å². The topological polar surface area (TPSA) is 34.6 Å². The number of rotatable bonds is 7. The molecule has 1 aliphatic heterocycles. The molecule has 1 saturated heterocycles. The van der Waals surface area contributed by atoms with Gasteiger partial charge in [0.15, 0.2) is 17.4 Å². The van der Waals surface area contributed by atoms with Gasteiger partial charge in [-0.15, -0.1) is 0 Å². The van der Waals surface area contributed by atoms with Gasteiger partial charge in [-0.1, -0.05) is 12.1 Å². The van der Waals surface area contributed by atoms with E-state index in [1.807, 2.05) is 18.2 Å². The molecule has 1 aromatic carbocycles. The largest absolute Gasteiger partial charge is 0.491 e. The molecule has 0 aliphatic carbocycles. The van der Waals surface area contributed by atoms with Crippen molar-refractivity contribution >= 4 is 0 Å². The van der Waals surface area contributed by atoms with Gasteiger partial charge in [-0.05, 0) is 31.0 Å². The minimum absolute atomic E-state index is 0.133. The van der Waals surface area contributed by atoms with Crippen LogP contribution in [0.15, 0.2) is 36.5 Å². The van der Waals surface area contributed by atoms with Crippen molar-refractivity contribution in [3.8, 4) is 5.75 Å². The van der Waals surface area contributed by atoms with Crippen molar-refractivity contribution in [2.75, 3.05) is 20.3 Å². The number of hydrogen-bond donors (Lipinski definition) is 0. The summed E-state index contributed by atoms with van der Waals surface area (Å²) >= 11 is 0. The first-order chi connectivity index (χ1) is 12.2. The van der Waals surface area contributed by atoms with E-state index in [0.717, 1.165) is 25.1 Å². The van der Waals surface area contributed by atoms with Gasteiger partial charge in [0.05, 0.1) is 18.9 Å². The summed E-state index contributed by atoms with van der Waals surface area (Å²) in [6.45, 7) is 2.34. The Morgan fingerprint density at radius 3 is 2.80 bits per heavy atom. The number of benzene rings is 1. The van der Waals surface area contributed by atoms with Crippen LogP contribution in [0.3, 0.4) is 0 Å². The van der Waals surface area contributed by atoms with Gasteiger partial charge in [0.1, 0.15) is 0 Å². The molecule has 25 heavy (non-hydrogen) atoms. The summed E-state index contributed by atoms with van der Waals surface area (Å²) in [5.41, 5.74) is 1.29. The monoisotopic (exact) mass is 348 g/mol. The van der Waals surface area contributed by atoms with E-state index < -0.39 is 11.6 Å². The number of pyridine rings is 1. The van der Waals surface area contributed by atoms with Crippen LogP contribution >= 0.6 is 0 Å². The van der Waals surface area contributed by atoms with Crippen molar-refractivity contribution < 1.29 is 18.3 Å². The van der Waals surface area contributed by atoms with E-state index >= 15 is 0 Å². The average molecular weight is 348 g/mol. The van der Waals surface area contributed by atoms with Crippen LogP contribution in [0.1, 0.15) is 24.1 Å². The SMILES string of the molecule is COc1c(F)ccc(CN(Cc2ccccn2)C[C@@H]2CCCO2)c1F. The minimum atomic E-state index is -0.695. The fraction of sp³-hybridized carbons (Fsp3) is 0.421. The molecule has 1 aromatic heterocycles. The van der Waals surface area contributed by atoms with Gasteiger partial charge in [0.2, 0.25) is 0 Å². The predicted octanol–water partition coefficient (Wildman–Crippen LogP) is 3.55. The van der Waals surface area contributed by atoms with E-state index in [1.165, 1.54) is 19.2 Å². The van der Waals surface area contributed by atoms with Crippen LogP contribution in [-0.4, -0.2) is 36.2 Å². The summed E-state index contributed by atoms with van der Waals surface area (Å²) in [6, 6.07) is 8.42. The maximum atomic E-state index is 14.5. The zero-order valence-electron chi connectivity index (χ0n) is 14.3. The van der Waals surface area contributed by atoms with Gasteiger partial charge in [-0.3, -0.25) is 9.88 Å². The lowest BCUT2D eigenvalue weighted by Crippen LogP contribution is -2.32. The van der Waals surface area contributed by atoms with Crippen LogP contribution in [0, 0.1) is 11.6 Å². The second-order valence-electron chi connectivity index (χ2n) is 6.18. The molecule has 0 N–H and O–H groups in total. The average Bonchev–Trinajstić information content (AvgIpc) is 3.12. The molecule has 0 saturated carbocycles. The standard InChI is InChI=1S/C19H22F2N2O2/c1-24-19-17(20)8-7-14(18(19)21)11-23(13-16-6-4-10-25-16)12-15-5-2-3-9-22-15/h2-3,5,7-9,16H,4,6,10-13H2,1H3/t16-/m0/s1. The van der Waals surface area contributed by atoms with Crippen LogP contribution < -0.4 is 4.74 Å². The van der Waals surface area contributed by atoms with Crippen LogP contribution in [-0.2, 0) is 17.8 Å². The maximum absolute atomic E-state index is 14.5. The summed E-state index contributed by atoms with van der Waals surface area (Å²) in [5.74, 6) is -1.69. The fourth-order valence-electron chi connectivity index (χ4n) is 3.11. The molecule has 1 atom stereocenters. The Morgan fingerprint density at radius 2 is 2.12 bits per heavy atom. The molecule has 0 bridgehead atoms. The van der Waals surface area contributed by atoms with Gasteiger partial charge in [-0.25, -0.2) is 8.78 Å². The first kappa shape index (κ1) is 17.8. The smallest absolute Gasteiger partial charge is 0.190 e. The van der Waals surface area contributed by atoms with E-state index in [-0.39, 0.29) is 11.9 Å². The normalized spacial score (nSPS) is 17.2. The third kappa shape index (κ3) is 4.52. The van der Waals surface area contributed by atoms with E-state index in [1.54, 1.807) is 6.20 Å². The maximum Gasteiger partial charge on any atom is 0.190 e. The number of methoxy groups -OCH3 is 1. The lowest BCUT2D eigenvalue weighted by Gasteiger charge is -2.25. The molecular formula is C19H22F2N2O2. The van der Waals surface area contributed by atoms with Crippen molar-refractivity contribution in [2.45, 2.75) is 32.0 Å². The summed E-state index contributed by atoms with van der Waals surface area (Å²) < 4.78 is 38.7. The number of nitrogens with zero attached hydrogens (tertiary/aromatic N) is 2. The Balaban J connectivity index is 1.79. The third-order valence-corrected chi connectivity index (χ3v) is 4.32. The number of ether oxygens (including phenoxy) is 2. The zero-order chi connectivity index (χ0) is 17.6. The highest BCUT2D eigenvalue weighted by Crippen LogP contribution is 2.26. The van der Waals surface area contributed by atoms with Gasteiger partial charge in [0.25, 0.3) is 0 Å². The molecule has 3 rings (SSSR count). The second kappa shape index (κ2) is 8.36. The Hall–Kier alpha value is -2.05. The second-order valence-corrected chi connectivity index (χ2v) is 6.18. The van der Waals surface area contributed by atoms with Gasteiger partial charge in [0, 0.05) is 38.0 Å². The lowest BCUT2D eigenvalue weighted by molar-refractivity contribution is 0.0670. The quantitative estimate of drug-likeness (QED) is 0.766. The Morgan fingerprint density at radius 1 is 1.24 bits per heavy atom. The molecule has 134 valence electrons. The molecule has 1 aliphatic rings. The van der Waals surface area contributed by atoms with Crippen LogP contribution in [0.4, 0.5) is 8.78 Å². The number of hydrogen-bond acceptors (Lipinski definition) is 4. The van der Waals surface area contributed by atoms with Crippen molar-refractivity contribution in [1.29, 1.82) is 0 Å². The molecule has 2 heterocycles. The van der Waals surface area contributed by atoms with E-state index in [2.05, 4.69) is 9.88 Å². The predicted molar refractivity (Wildman–Crippen MR) is 90.2 cm³/mol. The van der Waals surface area contributed by atoms with Crippen molar-refractivity contribution in [2.24, 2.45) is 0 Å². The van der Waals surface area contributed by atoms with Crippen LogP contribution in [0.2, 0.25) is 0 Å². The van der Waals surface area contributed by atoms with Gasteiger partial charge >= 0.3 is 0 Å². The highest BCUT2D eigenvalue weighted by atomic mass is 19.1. The molecule has 4 nitrogen and oxygen atoms in total. The molecule has 2 aromatic rings. The Bertz CT molecular complexity index is 691. The summed E-state index contributed by atoms with van der Waals surface area (Å²) in [5, 5.41) is 0. The minimum Gasteiger partial charge on any atom is -0.491 e. The summed E-state index contributed by atoms with van der Waals surface area (Å²) in [7, 11) is 1.27. The molecule has 0 spiro atoms. The lowest BCUT2D eigenvalue weighted by atomic mass is 10.1. The number of aromatic nitrogens is 1. The van der Waals surface area contributed by atoms with Gasteiger partial charge in [-0.2, -0.15) is 0 Å². The van der Waals surface area contributed by atoms with E-state index in [0.29, 0.717) is 25.2 Å². The summed E-state index contributed by atoms with van der Waals surface area (Å²) in [4.78, 5) is 6.42. The third-order valence-electron chi connectivity index (χ3n) is 4.32. The first-order valence-corrected chi connectivity index (χ1v) is 8.42. The molecule has 1 fully saturated rings. The Labute approximate surface area is 146 Å². The molecular weight excluding hydrogens is 326 g/mol. The zero-order valence-corrected chi connectivity index (χ0v) is 14.3. The Kier molecular flexibility index (Phi) is 5.94. The first-order valence-electron chi connectivity index (χ1n) is 8.42. The highest BCUT2D eigenvalue weighted by molar-refractivity contribution is 5.32.